The molecule has 6 atom stereocenters. The van der Waals surface area contributed by atoms with Gasteiger partial charge in [-0.05, 0) is 81.5 Å². The van der Waals surface area contributed by atoms with Gasteiger partial charge < -0.3 is 5.11 Å². The number of terminal acetylenes is 1. The molecule has 0 aliphatic heterocycles. The van der Waals surface area contributed by atoms with Crippen LogP contribution in [0.3, 0.4) is 0 Å². The van der Waals surface area contributed by atoms with Crippen LogP contribution >= 0.6 is 0 Å². The molecular formula is C22H30O. The molecule has 4 aliphatic rings. The molecule has 0 aromatic rings. The fraction of sp³-hybridized carbons (Fsp3) is 0.727. The fourth-order valence-corrected chi connectivity index (χ4v) is 7.03. The van der Waals surface area contributed by atoms with E-state index in [9.17, 15) is 5.11 Å². The molecule has 0 radical (unpaired) electrons. The highest BCUT2D eigenvalue weighted by Crippen LogP contribution is 2.67. The normalized spacial score (nSPS) is 48.7. The van der Waals surface area contributed by atoms with Gasteiger partial charge in [-0.15, -0.1) is 6.42 Å². The molecule has 1 N–H and O–H groups in total. The van der Waals surface area contributed by atoms with Crippen molar-refractivity contribution in [3.05, 3.63) is 23.8 Å². The van der Waals surface area contributed by atoms with Crippen molar-refractivity contribution < 1.29 is 5.11 Å². The average molecular weight is 310 g/mol. The van der Waals surface area contributed by atoms with Gasteiger partial charge in [-0.25, -0.2) is 0 Å². The number of hydrogen-bond donors (Lipinski definition) is 1. The Hall–Kier alpha value is -1.00. The van der Waals surface area contributed by atoms with E-state index in [4.69, 9.17) is 6.42 Å². The molecule has 4 aliphatic carbocycles. The Balaban J connectivity index is 1.74. The lowest BCUT2D eigenvalue weighted by Gasteiger charge is -2.56. The summed E-state index contributed by atoms with van der Waals surface area (Å²) in [5.41, 5.74) is 2.08. The van der Waals surface area contributed by atoms with Crippen molar-refractivity contribution in [2.24, 2.45) is 29.1 Å². The quantitative estimate of drug-likeness (QED) is 0.541. The molecule has 3 saturated carbocycles. The fourth-order valence-electron chi connectivity index (χ4n) is 7.03. The van der Waals surface area contributed by atoms with E-state index in [1.165, 1.54) is 37.7 Å². The number of allylic oxidation sites excluding steroid dienone is 3. The van der Waals surface area contributed by atoms with Gasteiger partial charge in [0, 0.05) is 5.41 Å². The maximum absolute atomic E-state index is 11.2. The van der Waals surface area contributed by atoms with Crippen molar-refractivity contribution in [2.45, 2.75) is 70.3 Å². The van der Waals surface area contributed by atoms with Gasteiger partial charge in [-0.3, -0.25) is 0 Å². The van der Waals surface area contributed by atoms with Crippen LogP contribution in [0.2, 0.25) is 0 Å². The first kappa shape index (κ1) is 15.5. The molecule has 1 nitrogen and oxygen atoms in total. The van der Waals surface area contributed by atoms with Gasteiger partial charge in [0.2, 0.25) is 0 Å². The summed E-state index contributed by atoms with van der Waals surface area (Å²) in [6, 6.07) is 0. The minimum absolute atomic E-state index is 0.115. The van der Waals surface area contributed by atoms with E-state index < -0.39 is 5.60 Å². The van der Waals surface area contributed by atoms with E-state index in [1.807, 2.05) is 0 Å². The number of hydrogen-bond acceptors (Lipinski definition) is 1. The van der Waals surface area contributed by atoms with E-state index >= 15 is 0 Å². The van der Waals surface area contributed by atoms with Gasteiger partial charge in [-0.2, -0.15) is 0 Å². The van der Waals surface area contributed by atoms with Crippen LogP contribution in [-0.2, 0) is 0 Å². The standard InChI is InChI=1S/C22H30O/c1-4-21-14-15(3)20-17-9-7-6-8-16(17)10-11-18(20)19(21)12-13-22(21,23)5-2/h2,8,17-20,23H,3-4,6-7,9-14H2,1H3/t17?,18?,19?,20?,21-,22?/m0/s1. The minimum Gasteiger partial charge on any atom is -0.377 e. The minimum atomic E-state index is -0.914. The van der Waals surface area contributed by atoms with E-state index in [-0.39, 0.29) is 5.41 Å². The van der Waals surface area contributed by atoms with Gasteiger partial charge in [0.15, 0.2) is 0 Å². The van der Waals surface area contributed by atoms with Crippen LogP contribution in [0.25, 0.3) is 0 Å². The first-order chi connectivity index (χ1) is 11.1. The second-order valence-corrected chi connectivity index (χ2v) is 8.54. The van der Waals surface area contributed by atoms with Crippen LogP contribution in [0.1, 0.15) is 64.7 Å². The summed E-state index contributed by atoms with van der Waals surface area (Å²) in [6.45, 7) is 6.76. The second kappa shape index (κ2) is 5.25. The Bertz CT molecular complexity index is 594. The lowest BCUT2D eigenvalue weighted by atomic mass is 9.48. The molecule has 4 rings (SSSR count). The Labute approximate surface area is 141 Å². The van der Waals surface area contributed by atoms with Crippen molar-refractivity contribution in [1.82, 2.24) is 0 Å². The molecule has 3 fully saturated rings. The van der Waals surface area contributed by atoms with Crippen LogP contribution in [-0.4, -0.2) is 10.7 Å². The second-order valence-electron chi connectivity index (χ2n) is 8.54. The predicted molar refractivity (Wildman–Crippen MR) is 94.6 cm³/mol. The third-order valence-electron chi connectivity index (χ3n) is 8.01. The highest BCUT2D eigenvalue weighted by Gasteiger charge is 2.64. The Morgan fingerprint density at radius 1 is 1.39 bits per heavy atom. The molecule has 124 valence electrons. The van der Waals surface area contributed by atoms with Crippen molar-refractivity contribution in [3.63, 3.8) is 0 Å². The first-order valence-corrected chi connectivity index (χ1v) is 9.63. The monoisotopic (exact) mass is 310 g/mol. The topological polar surface area (TPSA) is 20.2 Å². The number of rotatable bonds is 1. The van der Waals surface area contributed by atoms with Gasteiger partial charge >= 0.3 is 0 Å². The summed E-state index contributed by atoms with van der Waals surface area (Å²) in [5.74, 6) is 5.48. The van der Waals surface area contributed by atoms with Crippen LogP contribution in [0.5, 0.6) is 0 Å². The van der Waals surface area contributed by atoms with E-state index in [0.29, 0.717) is 17.8 Å². The maximum atomic E-state index is 11.2. The molecule has 23 heavy (non-hydrogen) atoms. The van der Waals surface area contributed by atoms with Crippen molar-refractivity contribution in [2.75, 3.05) is 0 Å². The summed E-state index contributed by atoms with van der Waals surface area (Å²) < 4.78 is 0. The van der Waals surface area contributed by atoms with Crippen molar-refractivity contribution in [3.8, 4) is 12.3 Å². The summed E-state index contributed by atoms with van der Waals surface area (Å²) in [4.78, 5) is 0. The van der Waals surface area contributed by atoms with Gasteiger partial charge in [0.1, 0.15) is 5.60 Å². The zero-order valence-electron chi connectivity index (χ0n) is 14.5. The summed E-state index contributed by atoms with van der Waals surface area (Å²) in [6.07, 6.45) is 18.6. The molecule has 1 heteroatoms. The Morgan fingerprint density at radius 3 is 2.96 bits per heavy atom. The predicted octanol–water partition coefficient (Wildman–Crippen LogP) is 4.87. The first-order valence-electron chi connectivity index (χ1n) is 9.63. The van der Waals surface area contributed by atoms with Crippen LogP contribution in [0, 0.1) is 41.4 Å². The molecule has 5 unspecified atom stereocenters. The Morgan fingerprint density at radius 2 is 2.22 bits per heavy atom. The Kier molecular flexibility index (Phi) is 3.54. The van der Waals surface area contributed by atoms with Gasteiger partial charge in [-0.1, -0.05) is 36.6 Å². The third kappa shape index (κ3) is 1.91. The van der Waals surface area contributed by atoms with Crippen molar-refractivity contribution in [1.29, 1.82) is 0 Å². The molecule has 0 bridgehead atoms. The van der Waals surface area contributed by atoms with Crippen LogP contribution in [0.4, 0.5) is 0 Å². The molecule has 0 heterocycles. The maximum Gasteiger partial charge on any atom is 0.131 e. The zero-order chi connectivity index (χ0) is 16.2. The van der Waals surface area contributed by atoms with Crippen LogP contribution in [0.15, 0.2) is 23.8 Å². The molecule has 0 spiro atoms. The van der Waals surface area contributed by atoms with Gasteiger partial charge in [0.25, 0.3) is 0 Å². The summed E-state index contributed by atoms with van der Waals surface area (Å²) in [5, 5.41) is 11.2. The average Bonchev–Trinajstić information content (AvgIpc) is 2.88. The third-order valence-corrected chi connectivity index (χ3v) is 8.01. The molecule has 0 saturated heterocycles. The number of aliphatic hydroxyl groups is 1. The molecule has 0 aromatic carbocycles. The largest absolute Gasteiger partial charge is 0.377 e. The lowest BCUT2D eigenvalue weighted by Crippen LogP contribution is -2.54. The molecule has 0 aromatic heterocycles. The molecular weight excluding hydrogens is 280 g/mol. The van der Waals surface area contributed by atoms with Crippen LogP contribution < -0.4 is 0 Å². The smallest absolute Gasteiger partial charge is 0.131 e. The highest BCUT2D eigenvalue weighted by molar-refractivity contribution is 5.32. The lowest BCUT2D eigenvalue weighted by molar-refractivity contribution is -0.0788. The summed E-state index contributed by atoms with van der Waals surface area (Å²) >= 11 is 0. The van der Waals surface area contributed by atoms with Gasteiger partial charge in [0.05, 0.1) is 0 Å². The SMILES string of the molecule is C#CC1(O)CCC2C3CCC4=CCCCC4C3C(=C)C[C@@]21CC. The molecule has 0 amide bonds. The highest BCUT2D eigenvalue weighted by atomic mass is 16.3. The van der Waals surface area contributed by atoms with Crippen molar-refractivity contribution >= 4 is 0 Å². The van der Waals surface area contributed by atoms with E-state index in [1.54, 1.807) is 5.57 Å². The summed E-state index contributed by atoms with van der Waals surface area (Å²) in [7, 11) is 0. The van der Waals surface area contributed by atoms with E-state index in [2.05, 4.69) is 25.5 Å². The zero-order valence-corrected chi connectivity index (χ0v) is 14.5. The number of fused-ring (bicyclic) bond motifs is 5. The van der Waals surface area contributed by atoms with E-state index in [0.717, 1.165) is 31.6 Å².